The van der Waals surface area contributed by atoms with Crippen LogP contribution in [0.1, 0.15) is 73.6 Å². The Labute approximate surface area is 201 Å². The van der Waals surface area contributed by atoms with Crippen molar-refractivity contribution < 1.29 is 14.4 Å². The first-order valence-electron chi connectivity index (χ1n) is 12.8. The van der Waals surface area contributed by atoms with Gasteiger partial charge in [0.25, 0.3) is 0 Å². The molecule has 5 heteroatoms. The zero-order valence-electron chi connectivity index (χ0n) is 19.9. The van der Waals surface area contributed by atoms with E-state index in [1.165, 1.54) is 27.2 Å². The van der Waals surface area contributed by atoms with Gasteiger partial charge in [0.2, 0.25) is 17.7 Å². The van der Waals surface area contributed by atoms with Crippen molar-refractivity contribution in [2.75, 3.05) is 13.1 Å². The molecule has 0 spiro atoms. The van der Waals surface area contributed by atoms with Gasteiger partial charge >= 0.3 is 0 Å². The number of hydrogen-bond donors (Lipinski definition) is 0. The van der Waals surface area contributed by atoms with Crippen LogP contribution < -0.4 is 0 Å². The molecule has 0 aromatic heterocycles. The summed E-state index contributed by atoms with van der Waals surface area (Å²) in [6, 6.07) is 15.9. The lowest BCUT2D eigenvalue weighted by Gasteiger charge is -2.45. The van der Waals surface area contributed by atoms with E-state index >= 15 is 0 Å². The number of likely N-dealkylation sites (tertiary alicyclic amines) is 2. The highest BCUT2D eigenvalue weighted by Gasteiger charge is 2.63. The van der Waals surface area contributed by atoms with E-state index in [1.54, 1.807) is 0 Å². The van der Waals surface area contributed by atoms with E-state index in [0.717, 1.165) is 32.4 Å². The summed E-state index contributed by atoms with van der Waals surface area (Å²) in [6.07, 6.45) is 3.62. The Morgan fingerprint density at radius 3 is 1.65 bits per heavy atom. The summed E-state index contributed by atoms with van der Waals surface area (Å²) in [6.45, 7) is 5.56. The average molecular weight is 457 g/mol. The molecule has 3 amide bonds. The van der Waals surface area contributed by atoms with Gasteiger partial charge in [0.05, 0.1) is 11.8 Å². The highest BCUT2D eigenvalue weighted by molar-refractivity contribution is 6.10. The molecule has 5 aliphatic rings. The van der Waals surface area contributed by atoms with Crippen molar-refractivity contribution in [1.29, 1.82) is 0 Å². The maximum atomic E-state index is 14.1. The third kappa shape index (κ3) is 3.02. The normalized spacial score (nSPS) is 28.1. The first-order chi connectivity index (χ1) is 16.5. The lowest BCUT2D eigenvalue weighted by Crippen LogP contribution is -2.53. The van der Waals surface area contributed by atoms with Gasteiger partial charge in [-0.25, -0.2) is 0 Å². The number of imide groups is 1. The van der Waals surface area contributed by atoms with Crippen LogP contribution >= 0.6 is 0 Å². The summed E-state index contributed by atoms with van der Waals surface area (Å²) < 4.78 is 0. The van der Waals surface area contributed by atoms with E-state index in [-0.39, 0.29) is 35.5 Å². The molecule has 2 aliphatic heterocycles. The van der Waals surface area contributed by atoms with Crippen LogP contribution in [0.4, 0.5) is 0 Å². The van der Waals surface area contributed by atoms with Crippen molar-refractivity contribution in [2.24, 2.45) is 17.8 Å². The summed E-state index contributed by atoms with van der Waals surface area (Å²) in [4.78, 5) is 45.2. The summed E-state index contributed by atoms with van der Waals surface area (Å²) in [5, 5.41) is 0. The number of nitrogens with zero attached hydrogens (tertiary/aromatic N) is 2. The van der Waals surface area contributed by atoms with Crippen molar-refractivity contribution in [1.82, 2.24) is 9.80 Å². The number of carbonyl (C=O) groups is 3. The van der Waals surface area contributed by atoms with Gasteiger partial charge in [0.1, 0.15) is 6.04 Å². The van der Waals surface area contributed by atoms with Crippen LogP contribution in [0.3, 0.4) is 0 Å². The van der Waals surface area contributed by atoms with Gasteiger partial charge in [-0.3, -0.25) is 19.3 Å². The van der Waals surface area contributed by atoms with Gasteiger partial charge in [0, 0.05) is 24.9 Å². The van der Waals surface area contributed by atoms with Gasteiger partial charge < -0.3 is 4.90 Å². The third-order valence-corrected chi connectivity index (χ3v) is 8.44. The molecule has 2 aromatic carbocycles. The minimum atomic E-state index is -0.700. The number of benzene rings is 2. The molecular formula is C29H32N2O3. The zero-order chi connectivity index (χ0) is 23.6. The molecule has 2 aromatic rings. The fraction of sp³-hybridized carbons (Fsp3) is 0.483. The number of rotatable bonds is 4. The molecule has 2 heterocycles. The lowest BCUT2D eigenvalue weighted by molar-refractivity contribution is -0.152. The molecule has 5 nitrogen and oxygen atoms in total. The molecule has 0 radical (unpaired) electrons. The Bertz CT molecular complexity index is 1050. The highest BCUT2D eigenvalue weighted by atomic mass is 16.2. The van der Waals surface area contributed by atoms with E-state index in [1.807, 2.05) is 29.2 Å². The molecule has 0 saturated carbocycles. The van der Waals surface area contributed by atoms with Gasteiger partial charge in [0.15, 0.2) is 0 Å². The zero-order valence-corrected chi connectivity index (χ0v) is 19.9. The Kier molecular flexibility index (Phi) is 5.12. The molecule has 176 valence electrons. The second-order valence-electron chi connectivity index (χ2n) is 10.8. The van der Waals surface area contributed by atoms with Gasteiger partial charge in [-0.2, -0.15) is 0 Å². The Hall–Kier alpha value is -2.95. The van der Waals surface area contributed by atoms with Crippen molar-refractivity contribution >= 4 is 17.7 Å². The van der Waals surface area contributed by atoms with Crippen LogP contribution in [0, 0.1) is 17.8 Å². The monoisotopic (exact) mass is 456 g/mol. The van der Waals surface area contributed by atoms with Crippen molar-refractivity contribution in [3.8, 4) is 0 Å². The van der Waals surface area contributed by atoms with Crippen LogP contribution in [0.15, 0.2) is 48.5 Å². The topological polar surface area (TPSA) is 57.7 Å². The standard InChI is InChI=1S/C29H32N2O3/c1-17(2)16-22(27(32)30-14-8-3-9-15-30)31-28(33)25-23-18-10-4-5-11-19(18)24(26(25)29(31)34)21-13-7-6-12-20(21)23/h4-7,10-13,17,22-26H,3,8-9,14-16H2,1-2H3/t22-,23?,24?,25-,26+/m1/s1. The Balaban J connectivity index is 1.44. The van der Waals surface area contributed by atoms with Crippen molar-refractivity contribution in [3.05, 3.63) is 70.8 Å². The Morgan fingerprint density at radius 1 is 0.794 bits per heavy atom. The third-order valence-electron chi connectivity index (χ3n) is 8.44. The molecule has 0 unspecified atom stereocenters. The van der Waals surface area contributed by atoms with E-state index in [4.69, 9.17) is 0 Å². The summed E-state index contributed by atoms with van der Waals surface area (Å²) >= 11 is 0. The number of piperidine rings is 1. The fourth-order valence-corrected chi connectivity index (χ4v) is 7.10. The molecular weight excluding hydrogens is 424 g/mol. The van der Waals surface area contributed by atoms with Crippen LogP contribution in [-0.4, -0.2) is 46.7 Å². The van der Waals surface area contributed by atoms with Crippen LogP contribution in [-0.2, 0) is 14.4 Å². The first-order valence-corrected chi connectivity index (χ1v) is 12.8. The summed E-state index contributed by atoms with van der Waals surface area (Å²) in [7, 11) is 0. The molecule has 2 fully saturated rings. The second-order valence-corrected chi connectivity index (χ2v) is 10.8. The molecule has 3 atom stereocenters. The maximum absolute atomic E-state index is 14.1. The van der Waals surface area contributed by atoms with Gasteiger partial charge in [-0.05, 0) is 53.9 Å². The molecule has 2 saturated heterocycles. The van der Waals surface area contributed by atoms with E-state index in [2.05, 4.69) is 38.1 Å². The van der Waals surface area contributed by atoms with Crippen LogP contribution in [0.2, 0.25) is 0 Å². The average Bonchev–Trinajstić information content (AvgIpc) is 3.13. The molecule has 0 N–H and O–H groups in total. The minimum Gasteiger partial charge on any atom is -0.341 e. The minimum absolute atomic E-state index is 0.0453. The molecule has 34 heavy (non-hydrogen) atoms. The summed E-state index contributed by atoms with van der Waals surface area (Å²) in [5.41, 5.74) is 4.66. The molecule has 3 aliphatic carbocycles. The van der Waals surface area contributed by atoms with E-state index < -0.39 is 17.9 Å². The SMILES string of the molecule is CC(C)C[C@H](C(=O)N1CCCCC1)N1C(=O)[C@@H]2C3c4ccccc4C(c4ccccc43)[C@@H]2C1=O. The molecule has 2 bridgehead atoms. The quantitative estimate of drug-likeness (QED) is 0.645. The lowest BCUT2D eigenvalue weighted by atomic mass is 9.55. The van der Waals surface area contributed by atoms with E-state index in [9.17, 15) is 14.4 Å². The van der Waals surface area contributed by atoms with Crippen LogP contribution in [0.25, 0.3) is 0 Å². The summed E-state index contributed by atoms with van der Waals surface area (Å²) in [5.74, 6) is -1.25. The fourth-order valence-electron chi connectivity index (χ4n) is 7.10. The van der Waals surface area contributed by atoms with Gasteiger partial charge in [-0.1, -0.05) is 62.4 Å². The van der Waals surface area contributed by atoms with Crippen LogP contribution in [0.5, 0.6) is 0 Å². The predicted molar refractivity (Wildman–Crippen MR) is 129 cm³/mol. The van der Waals surface area contributed by atoms with Crippen molar-refractivity contribution in [2.45, 2.75) is 57.4 Å². The number of amides is 3. The van der Waals surface area contributed by atoms with Crippen molar-refractivity contribution in [3.63, 3.8) is 0 Å². The Morgan fingerprint density at radius 2 is 1.24 bits per heavy atom. The second kappa shape index (κ2) is 8.07. The van der Waals surface area contributed by atoms with E-state index in [0.29, 0.717) is 6.42 Å². The number of hydrogen-bond acceptors (Lipinski definition) is 3. The number of carbonyl (C=O) groups excluding carboxylic acids is 3. The maximum Gasteiger partial charge on any atom is 0.245 e. The largest absolute Gasteiger partial charge is 0.341 e. The molecule has 7 rings (SSSR count). The smallest absolute Gasteiger partial charge is 0.245 e. The highest BCUT2D eigenvalue weighted by Crippen LogP contribution is 2.61. The first kappa shape index (κ1) is 21.6. The predicted octanol–water partition coefficient (Wildman–Crippen LogP) is 4.31. The van der Waals surface area contributed by atoms with Gasteiger partial charge in [-0.15, -0.1) is 0 Å².